The van der Waals surface area contributed by atoms with Crippen LogP contribution in [0.15, 0.2) is 47.4 Å². The standard InChI is InChI=1S/C14H13N3O/c1-2-8-16-14-12(10-15)17-13(18-14)9-11-6-4-3-5-7-11/h2-7,16H,1,8-9H2. The van der Waals surface area contributed by atoms with Crippen LogP contribution in [0.2, 0.25) is 0 Å². The van der Waals surface area contributed by atoms with Gasteiger partial charge in [-0.05, 0) is 5.56 Å². The van der Waals surface area contributed by atoms with Gasteiger partial charge < -0.3 is 9.73 Å². The van der Waals surface area contributed by atoms with Gasteiger partial charge >= 0.3 is 0 Å². The van der Waals surface area contributed by atoms with Crippen LogP contribution in [0.5, 0.6) is 0 Å². The average Bonchev–Trinajstić information content (AvgIpc) is 2.79. The molecule has 0 aliphatic heterocycles. The first-order chi connectivity index (χ1) is 8.83. The Morgan fingerprint density at radius 1 is 1.39 bits per heavy atom. The van der Waals surface area contributed by atoms with E-state index in [0.29, 0.717) is 24.7 Å². The first-order valence-corrected chi connectivity index (χ1v) is 5.62. The molecule has 0 aliphatic carbocycles. The van der Waals surface area contributed by atoms with Gasteiger partial charge in [0.2, 0.25) is 17.5 Å². The molecule has 0 atom stereocenters. The number of aromatic nitrogens is 1. The third-order valence-electron chi connectivity index (χ3n) is 2.38. The molecule has 0 saturated carbocycles. The Bertz CT molecular complexity index is 566. The number of nitrogens with zero attached hydrogens (tertiary/aromatic N) is 2. The van der Waals surface area contributed by atoms with E-state index < -0.39 is 0 Å². The zero-order chi connectivity index (χ0) is 12.8. The molecule has 0 saturated heterocycles. The SMILES string of the molecule is C=CCNc1oc(Cc2ccccc2)nc1C#N. The van der Waals surface area contributed by atoms with E-state index in [4.69, 9.17) is 9.68 Å². The molecule has 4 nitrogen and oxygen atoms in total. The van der Waals surface area contributed by atoms with Gasteiger partial charge in [0.1, 0.15) is 6.07 Å². The topological polar surface area (TPSA) is 61.9 Å². The van der Waals surface area contributed by atoms with Crippen LogP contribution in [0, 0.1) is 11.3 Å². The van der Waals surface area contributed by atoms with E-state index in [-0.39, 0.29) is 5.69 Å². The summed E-state index contributed by atoms with van der Waals surface area (Å²) in [6.45, 7) is 4.13. The predicted octanol–water partition coefficient (Wildman–Crippen LogP) is 2.73. The van der Waals surface area contributed by atoms with E-state index in [1.54, 1.807) is 6.08 Å². The molecule has 2 rings (SSSR count). The van der Waals surface area contributed by atoms with Gasteiger partial charge in [-0.15, -0.1) is 6.58 Å². The average molecular weight is 239 g/mol. The van der Waals surface area contributed by atoms with Crippen molar-refractivity contribution in [2.75, 3.05) is 11.9 Å². The van der Waals surface area contributed by atoms with E-state index in [2.05, 4.69) is 16.9 Å². The van der Waals surface area contributed by atoms with Crippen LogP contribution in [0.1, 0.15) is 17.1 Å². The summed E-state index contributed by atoms with van der Waals surface area (Å²) in [5, 5.41) is 11.9. The minimum Gasteiger partial charge on any atom is -0.423 e. The van der Waals surface area contributed by atoms with Crippen molar-refractivity contribution in [3.8, 4) is 6.07 Å². The molecule has 4 heteroatoms. The fourth-order valence-electron chi connectivity index (χ4n) is 1.57. The van der Waals surface area contributed by atoms with Crippen molar-refractivity contribution in [2.45, 2.75) is 6.42 Å². The molecule has 1 N–H and O–H groups in total. The monoisotopic (exact) mass is 239 g/mol. The van der Waals surface area contributed by atoms with Crippen LogP contribution < -0.4 is 5.32 Å². The van der Waals surface area contributed by atoms with E-state index in [1.165, 1.54) is 0 Å². The van der Waals surface area contributed by atoms with E-state index in [9.17, 15) is 0 Å². The second-order valence-corrected chi connectivity index (χ2v) is 3.73. The maximum atomic E-state index is 8.96. The van der Waals surface area contributed by atoms with Gasteiger partial charge in [0.25, 0.3) is 0 Å². The molecule has 1 aromatic carbocycles. The predicted molar refractivity (Wildman–Crippen MR) is 69.2 cm³/mol. The summed E-state index contributed by atoms with van der Waals surface area (Å²) in [6.07, 6.45) is 2.27. The summed E-state index contributed by atoms with van der Waals surface area (Å²) >= 11 is 0. The van der Waals surface area contributed by atoms with Crippen molar-refractivity contribution >= 4 is 5.88 Å². The molecular formula is C14H13N3O. The minimum absolute atomic E-state index is 0.280. The second-order valence-electron chi connectivity index (χ2n) is 3.73. The van der Waals surface area contributed by atoms with Gasteiger partial charge in [-0.3, -0.25) is 0 Å². The number of hydrogen-bond acceptors (Lipinski definition) is 4. The van der Waals surface area contributed by atoms with Crippen LogP contribution in [0.3, 0.4) is 0 Å². The fraction of sp³-hybridized carbons (Fsp3) is 0.143. The highest BCUT2D eigenvalue weighted by Gasteiger charge is 2.12. The second kappa shape index (κ2) is 5.69. The van der Waals surface area contributed by atoms with Crippen LogP contribution in [0.25, 0.3) is 0 Å². The smallest absolute Gasteiger partial charge is 0.232 e. The van der Waals surface area contributed by atoms with Crippen molar-refractivity contribution in [2.24, 2.45) is 0 Å². The molecule has 0 unspecified atom stereocenters. The lowest BCUT2D eigenvalue weighted by Crippen LogP contribution is -1.97. The summed E-state index contributed by atoms with van der Waals surface area (Å²) in [7, 11) is 0. The number of oxazole rings is 1. The molecule has 90 valence electrons. The molecule has 0 aliphatic rings. The Balaban J connectivity index is 2.17. The third-order valence-corrected chi connectivity index (χ3v) is 2.38. The highest BCUT2D eigenvalue weighted by Crippen LogP contribution is 2.18. The van der Waals surface area contributed by atoms with Crippen molar-refractivity contribution in [1.82, 2.24) is 4.98 Å². The molecule has 18 heavy (non-hydrogen) atoms. The van der Waals surface area contributed by atoms with Gasteiger partial charge in [0.15, 0.2) is 0 Å². The third kappa shape index (κ3) is 2.77. The lowest BCUT2D eigenvalue weighted by Gasteiger charge is -1.97. The molecule has 0 radical (unpaired) electrons. The summed E-state index contributed by atoms with van der Waals surface area (Å²) < 4.78 is 5.52. The van der Waals surface area contributed by atoms with Crippen LogP contribution >= 0.6 is 0 Å². The van der Waals surface area contributed by atoms with E-state index in [1.807, 2.05) is 36.4 Å². The van der Waals surface area contributed by atoms with Crippen molar-refractivity contribution < 1.29 is 4.42 Å². The zero-order valence-electron chi connectivity index (χ0n) is 9.89. The van der Waals surface area contributed by atoms with Crippen molar-refractivity contribution in [3.05, 3.63) is 60.1 Å². The van der Waals surface area contributed by atoms with E-state index in [0.717, 1.165) is 5.56 Å². The highest BCUT2D eigenvalue weighted by molar-refractivity contribution is 5.45. The quantitative estimate of drug-likeness (QED) is 0.815. The van der Waals surface area contributed by atoms with Crippen molar-refractivity contribution in [3.63, 3.8) is 0 Å². The van der Waals surface area contributed by atoms with Crippen LogP contribution in [-0.2, 0) is 6.42 Å². The lowest BCUT2D eigenvalue weighted by atomic mass is 10.1. The number of nitrogens with one attached hydrogen (secondary N) is 1. The number of anilines is 1. The van der Waals surface area contributed by atoms with Crippen LogP contribution in [0.4, 0.5) is 5.88 Å². The minimum atomic E-state index is 0.280. The zero-order valence-corrected chi connectivity index (χ0v) is 9.89. The first kappa shape index (κ1) is 11.9. The number of hydrogen-bond donors (Lipinski definition) is 1. The molecule has 1 aromatic heterocycles. The van der Waals surface area contributed by atoms with Crippen molar-refractivity contribution in [1.29, 1.82) is 5.26 Å². The summed E-state index contributed by atoms with van der Waals surface area (Å²) in [6, 6.07) is 11.9. The summed E-state index contributed by atoms with van der Waals surface area (Å²) in [5.74, 6) is 0.938. The molecule has 0 amide bonds. The Morgan fingerprint density at radius 2 is 2.17 bits per heavy atom. The summed E-state index contributed by atoms with van der Waals surface area (Å²) in [5.41, 5.74) is 1.38. The Labute approximate surface area is 106 Å². The molecule has 2 aromatic rings. The Kier molecular flexibility index (Phi) is 3.77. The Morgan fingerprint density at radius 3 is 2.83 bits per heavy atom. The van der Waals surface area contributed by atoms with E-state index >= 15 is 0 Å². The largest absolute Gasteiger partial charge is 0.423 e. The van der Waals surface area contributed by atoms with Gasteiger partial charge in [-0.25, -0.2) is 4.98 Å². The summed E-state index contributed by atoms with van der Waals surface area (Å²) in [4.78, 5) is 4.15. The molecule has 0 spiro atoms. The maximum Gasteiger partial charge on any atom is 0.232 e. The highest BCUT2D eigenvalue weighted by atomic mass is 16.4. The number of nitriles is 1. The Hall–Kier alpha value is -2.54. The number of benzene rings is 1. The molecule has 0 fully saturated rings. The lowest BCUT2D eigenvalue weighted by molar-refractivity contribution is 0.519. The molecule has 1 heterocycles. The van der Waals surface area contributed by atoms with Gasteiger partial charge in [0, 0.05) is 13.0 Å². The van der Waals surface area contributed by atoms with Crippen LogP contribution in [-0.4, -0.2) is 11.5 Å². The van der Waals surface area contributed by atoms with Gasteiger partial charge in [-0.1, -0.05) is 36.4 Å². The first-order valence-electron chi connectivity index (χ1n) is 5.62. The maximum absolute atomic E-state index is 8.96. The number of rotatable bonds is 5. The molecular weight excluding hydrogens is 226 g/mol. The normalized spacial score (nSPS) is 9.72. The fourth-order valence-corrected chi connectivity index (χ4v) is 1.57. The van der Waals surface area contributed by atoms with Gasteiger partial charge in [0.05, 0.1) is 0 Å². The molecule has 0 bridgehead atoms. The van der Waals surface area contributed by atoms with Gasteiger partial charge in [-0.2, -0.15) is 5.26 Å².